The van der Waals surface area contributed by atoms with E-state index in [-0.39, 0.29) is 11.7 Å². The number of hydrogen-bond acceptors (Lipinski definition) is 3. The zero-order valence-electron chi connectivity index (χ0n) is 13.0. The first kappa shape index (κ1) is 15.3. The van der Waals surface area contributed by atoms with Gasteiger partial charge in [0.2, 0.25) is 0 Å². The van der Waals surface area contributed by atoms with Gasteiger partial charge in [-0.05, 0) is 45.4 Å². The Hall–Kier alpha value is -1.56. The number of H-pyrrole nitrogens is 1. The average molecular weight is 308 g/mol. The van der Waals surface area contributed by atoms with Crippen molar-refractivity contribution in [3.63, 3.8) is 0 Å². The van der Waals surface area contributed by atoms with Crippen LogP contribution in [0.4, 0.5) is 8.78 Å². The smallest absolute Gasteiger partial charge is 0.147 e. The van der Waals surface area contributed by atoms with Gasteiger partial charge in [0.15, 0.2) is 0 Å². The van der Waals surface area contributed by atoms with Gasteiger partial charge in [-0.25, -0.2) is 13.8 Å². The summed E-state index contributed by atoms with van der Waals surface area (Å²) < 4.78 is 28.4. The molecule has 2 heterocycles. The number of alkyl halides is 1. The number of aromatic nitrogens is 3. The summed E-state index contributed by atoms with van der Waals surface area (Å²) in [6.07, 6.45) is 5.00. The van der Waals surface area contributed by atoms with Crippen LogP contribution in [0.1, 0.15) is 37.3 Å². The Bertz CT molecular complexity index is 595. The third-order valence-corrected chi connectivity index (χ3v) is 4.74. The molecule has 1 fully saturated rings. The van der Waals surface area contributed by atoms with Crippen molar-refractivity contribution in [1.29, 1.82) is 0 Å². The van der Waals surface area contributed by atoms with E-state index in [2.05, 4.69) is 20.1 Å². The van der Waals surface area contributed by atoms with Gasteiger partial charge in [-0.15, -0.1) is 0 Å². The van der Waals surface area contributed by atoms with Gasteiger partial charge < -0.3 is 4.90 Å². The Morgan fingerprint density at radius 3 is 3.00 bits per heavy atom. The topological polar surface area (TPSA) is 44.8 Å². The van der Waals surface area contributed by atoms with Gasteiger partial charge in [-0.3, -0.25) is 5.10 Å². The third kappa shape index (κ3) is 2.84. The van der Waals surface area contributed by atoms with Crippen LogP contribution in [0.15, 0.2) is 24.1 Å². The van der Waals surface area contributed by atoms with Crippen LogP contribution in [0, 0.1) is 12.3 Å². The van der Waals surface area contributed by atoms with E-state index in [0.29, 0.717) is 6.54 Å². The number of likely N-dealkylation sites (tertiary alicyclic amines) is 1. The fraction of sp³-hybridized carbons (Fsp3) is 0.625. The van der Waals surface area contributed by atoms with Crippen molar-refractivity contribution >= 4 is 0 Å². The molecule has 1 N–H and O–H groups in total. The molecule has 22 heavy (non-hydrogen) atoms. The van der Waals surface area contributed by atoms with Gasteiger partial charge in [-0.1, -0.05) is 6.08 Å². The Kier molecular flexibility index (Phi) is 4.12. The maximum Gasteiger partial charge on any atom is 0.147 e. The van der Waals surface area contributed by atoms with Crippen LogP contribution >= 0.6 is 0 Å². The summed E-state index contributed by atoms with van der Waals surface area (Å²) in [5.41, 5.74) is -1.09. The second-order valence-corrected chi connectivity index (χ2v) is 6.56. The quantitative estimate of drug-likeness (QED) is 0.933. The maximum atomic E-state index is 14.2. The Balaban J connectivity index is 1.70. The molecule has 1 aromatic rings. The van der Waals surface area contributed by atoms with Crippen molar-refractivity contribution in [2.45, 2.75) is 38.8 Å². The molecule has 4 nitrogen and oxygen atoms in total. The normalized spacial score (nSPS) is 33.0. The number of piperidine rings is 1. The number of aromatic amines is 1. The van der Waals surface area contributed by atoms with Crippen LogP contribution in [0.3, 0.4) is 0 Å². The van der Waals surface area contributed by atoms with Crippen LogP contribution in [0.25, 0.3) is 0 Å². The molecule has 0 amide bonds. The SMILES string of the molecule is Cc1n[nH]c([C@@H]2CCCN(CC3(C)C(F)=CC=CC3F)C2)n1. The fourth-order valence-electron chi connectivity index (χ4n) is 3.37. The van der Waals surface area contributed by atoms with E-state index < -0.39 is 11.6 Å². The lowest BCUT2D eigenvalue weighted by Crippen LogP contribution is -2.46. The molecule has 3 rings (SSSR count). The number of aryl methyl sites for hydroxylation is 1. The molecule has 0 aromatic carbocycles. The van der Waals surface area contributed by atoms with E-state index in [1.165, 1.54) is 18.2 Å². The standard InChI is InChI=1S/C16H22F2N4/c1-11-19-15(21-20-11)12-5-4-8-22(9-12)10-16(2)13(17)6-3-7-14(16)18/h3,6-7,12-13H,4-5,8-10H2,1-2H3,(H,19,20,21)/t12-,13?,16?/m1/s1. The second kappa shape index (κ2) is 5.91. The number of hydrogen-bond donors (Lipinski definition) is 1. The van der Waals surface area contributed by atoms with Gasteiger partial charge in [0, 0.05) is 19.0 Å². The summed E-state index contributed by atoms with van der Waals surface area (Å²) in [6, 6.07) is 0. The number of nitrogens with zero attached hydrogens (tertiary/aromatic N) is 3. The van der Waals surface area contributed by atoms with Gasteiger partial charge in [0.1, 0.15) is 23.6 Å². The third-order valence-electron chi connectivity index (χ3n) is 4.74. The predicted octanol–water partition coefficient (Wildman–Crippen LogP) is 3.06. The molecular formula is C16H22F2N4. The van der Waals surface area contributed by atoms with Crippen LogP contribution in [0.5, 0.6) is 0 Å². The first-order chi connectivity index (χ1) is 10.5. The lowest BCUT2D eigenvalue weighted by atomic mass is 9.79. The van der Waals surface area contributed by atoms with Gasteiger partial charge in [-0.2, -0.15) is 5.10 Å². The van der Waals surface area contributed by atoms with Crippen molar-refractivity contribution < 1.29 is 8.78 Å². The Morgan fingerprint density at radius 1 is 1.50 bits per heavy atom. The molecule has 0 radical (unpaired) electrons. The lowest BCUT2D eigenvalue weighted by Gasteiger charge is -2.40. The highest BCUT2D eigenvalue weighted by Crippen LogP contribution is 2.39. The van der Waals surface area contributed by atoms with E-state index in [9.17, 15) is 8.78 Å². The van der Waals surface area contributed by atoms with Crippen LogP contribution in [-0.2, 0) is 0 Å². The van der Waals surface area contributed by atoms with E-state index in [1.54, 1.807) is 6.92 Å². The monoisotopic (exact) mass is 308 g/mol. The summed E-state index contributed by atoms with van der Waals surface area (Å²) in [4.78, 5) is 6.54. The molecule has 120 valence electrons. The van der Waals surface area contributed by atoms with Crippen LogP contribution in [0.2, 0.25) is 0 Å². The van der Waals surface area contributed by atoms with Crippen molar-refractivity contribution in [3.8, 4) is 0 Å². The molecule has 0 bridgehead atoms. The van der Waals surface area contributed by atoms with Crippen molar-refractivity contribution in [2.24, 2.45) is 5.41 Å². The van der Waals surface area contributed by atoms with Crippen molar-refractivity contribution in [2.75, 3.05) is 19.6 Å². The van der Waals surface area contributed by atoms with Gasteiger partial charge in [0.25, 0.3) is 0 Å². The molecule has 1 saturated heterocycles. The zero-order chi connectivity index (χ0) is 15.7. The predicted molar refractivity (Wildman–Crippen MR) is 80.9 cm³/mol. The fourth-order valence-corrected chi connectivity index (χ4v) is 3.37. The molecule has 1 aromatic heterocycles. The minimum absolute atomic E-state index is 0.253. The average Bonchev–Trinajstić information content (AvgIpc) is 2.92. The molecule has 2 unspecified atom stereocenters. The largest absolute Gasteiger partial charge is 0.302 e. The first-order valence-electron chi connectivity index (χ1n) is 7.79. The van der Waals surface area contributed by atoms with Crippen LogP contribution in [-0.4, -0.2) is 45.9 Å². The number of allylic oxidation sites excluding steroid dienone is 3. The number of nitrogens with one attached hydrogen (secondary N) is 1. The summed E-state index contributed by atoms with van der Waals surface area (Å²) in [5, 5.41) is 7.05. The summed E-state index contributed by atoms with van der Waals surface area (Å²) in [6.45, 7) is 5.51. The lowest BCUT2D eigenvalue weighted by molar-refractivity contribution is 0.0853. The first-order valence-corrected chi connectivity index (χ1v) is 7.79. The molecule has 3 atom stereocenters. The van der Waals surface area contributed by atoms with E-state index >= 15 is 0 Å². The molecule has 0 spiro atoms. The van der Waals surface area contributed by atoms with Crippen LogP contribution < -0.4 is 0 Å². The minimum atomic E-state index is -1.29. The Labute approximate surface area is 129 Å². The van der Waals surface area contributed by atoms with Crippen molar-refractivity contribution in [3.05, 3.63) is 35.7 Å². The molecular weight excluding hydrogens is 286 g/mol. The second-order valence-electron chi connectivity index (χ2n) is 6.56. The van der Waals surface area contributed by atoms with Gasteiger partial charge in [0.05, 0.1) is 5.41 Å². The van der Waals surface area contributed by atoms with E-state index in [1.807, 2.05) is 6.92 Å². The highest BCUT2D eigenvalue weighted by atomic mass is 19.1. The Morgan fingerprint density at radius 2 is 2.32 bits per heavy atom. The van der Waals surface area contributed by atoms with Crippen molar-refractivity contribution in [1.82, 2.24) is 20.1 Å². The van der Waals surface area contributed by atoms with E-state index in [0.717, 1.165) is 37.6 Å². The molecule has 1 aliphatic carbocycles. The van der Waals surface area contributed by atoms with E-state index in [4.69, 9.17) is 0 Å². The molecule has 2 aliphatic rings. The number of halogens is 2. The summed E-state index contributed by atoms with van der Waals surface area (Å²) >= 11 is 0. The molecule has 1 aliphatic heterocycles. The zero-order valence-corrected chi connectivity index (χ0v) is 13.0. The highest BCUT2D eigenvalue weighted by Gasteiger charge is 2.41. The van der Waals surface area contributed by atoms with Gasteiger partial charge >= 0.3 is 0 Å². The molecule has 0 saturated carbocycles. The summed E-state index contributed by atoms with van der Waals surface area (Å²) in [7, 11) is 0. The minimum Gasteiger partial charge on any atom is -0.302 e. The number of rotatable bonds is 3. The molecule has 6 heteroatoms. The summed E-state index contributed by atoms with van der Waals surface area (Å²) in [5.74, 6) is 1.49. The highest BCUT2D eigenvalue weighted by molar-refractivity contribution is 5.25. The maximum absolute atomic E-state index is 14.2.